The number of benzene rings is 3. The van der Waals surface area contributed by atoms with Crippen molar-refractivity contribution in [2.45, 2.75) is 6.61 Å². The molecule has 1 N–H and O–H groups in total. The zero-order valence-corrected chi connectivity index (χ0v) is 12.7. The molecule has 0 amide bonds. The van der Waals surface area contributed by atoms with Gasteiger partial charge in [0.25, 0.3) is 0 Å². The van der Waals surface area contributed by atoms with Crippen molar-refractivity contribution in [2.75, 3.05) is 0 Å². The van der Waals surface area contributed by atoms with Gasteiger partial charge in [0.1, 0.15) is 34.7 Å². The highest BCUT2D eigenvalue weighted by Gasteiger charge is 2.13. The molecule has 0 spiro atoms. The van der Waals surface area contributed by atoms with Crippen molar-refractivity contribution in [3.05, 3.63) is 82.5 Å². The average molecular weight is 318 g/mol. The first-order valence-electron chi connectivity index (χ1n) is 7.58. The first-order valence-corrected chi connectivity index (χ1v) is 7.58. The van der Waals surface area contributed by atoms with E-state index in [1.54, 1.807) is 24.3 Å². The first kappa shape index (κ1) is 14.3. The SMILES string of the molecule is O=c1c2cc(O)ccc2oc2cccc(OCc3ccccc3)c12. The molecule has 4 aromatic rings. The second-order valence-corrected chi connectivity index (χ2v) is 5.52. The zero-order valence-electron chi connectivity index (χ0n) is 12.7. The van der Waals surface area contributed by atoms with Crippen LogP contribution in [0.2, 0.25) is 0 Å². The molecule has 1 aromatic heterocycles. The van der Waals surface area contributed by atoms with Crippen molar-refractivity contribution < 1.29 is 14.3 Å². The molecule has 0 saturated carbocycles. The Morgan fingerprint density at radius 3 is 2.58 bits per heavy atom. The van der Waals surface area contributed by atoms with E-state index < -0.39 is 0 Å². The van der Waals surface area contributed by atoms with Gasteiger partial charge in [0.2, 0.25) is 5.43 Å². The highest BCUT2D eigenvalue weighted by Crippen LogP contribution is 2.28. The highest BCUT2D eigenvalue weighted by molar-refractivity contribution is 5.93. The number of hydrogen-bond donors (Lipinski definition) is 1. The molecule has 4 nitrogen and oxygen atoms in total. The molecule has 0 fully saturated rings. The minimum atomic E-state index is -0.217. The second kappa shape index (κ2) is 5.74. The quantitative estimate of drug-likeness (QED) is 0.574. The van der Waals surface area contributed by atoms with Crippen LogP contribution in [0.5, 0.6) is 11.5 Å². The van der Waals surface area contributed by atoms with Gasteiger partial charge in [-0.25, -0.2) is 0 Å². The van der Waals surface area contributed by atoms with Crippen LogP contribution in [0.1, 0.15) is 5.56 Å². The van der Waals surface area contributed by atoms with Crippen LogP contribution < -0.4 is 10.2 Å². The topological polar surface area (TPSA) is 59.7 Å². The molecule has 0 bridgehead atoms. The Bertz CT molecular complexity index is 1080. The molecule has 0 radical (unpaired) electrons. The third-order valence-electron chi connectivity index (χ3n) is 3.88. The van der Waals surface area contributed by atoms with Crippen molar-refractivity contribution in [1.29, 1.82) is 0 Å². The Morgan fingerprint density at radius 1 is 0.917 bits per heavy atom. The molecule has 3 aromatic carbocycles. The Hall–Kier alpha value is -3.27. The normalized spacial score (nSPS) is 11.0. The number of phenolic OH excluding ortho intramolecular Hbond substituents is 1. The van der Waals surface area contributed by atoms with Gasteiger partial charge in [-0.2, -0.15) is 0 Å². The molecule has 24 heavy (non-hydrogen) atoms. The summed E-state index contributed by atoms with van der Waals surface area (Å²) >= 11 is 0. The molecule has 1 heterocycles. The average Bonchev–Trinajstić information content (AvgIpc) is 2.61. The predicted octanol–water partition coefficient (Wildman–Crippen LogP) is 4.23. The van der Waals surface area contributed by atoms with Gasteiger partial charge in [-0.15, -0.1) is 0 Å². The Balaban J connectivity index is 1.85. The molecule has 4 heteroatoms. The first-order chi connectivity index (χ1) is 11.7. The lowest BCUT2D eigenvalue weighted by molar-refractivity contribution is 0.309. The number of ether oxygens (including phenoxy) is 1. The van der Waals surface area contributed by atoms with E-state index in [2.05, 4.69) is 0 Å². The summed E-state index contributed by atoms with van der Waals surface area (Å²) in [4.78, 5) is 12.8. The number of rotatable bonds is 3. The predicted molar refractivity (Wildman–Crippen MR) is 92.4 cm³/mol. The third-order valence-corrected chi connectivity index (χ3v) is 3.88. The zero-order chi connectivity index (χ0) is 16.5. The lowest BCUT2D eigenvalue weighted by Gasteiger charge is -2.09. The van der Waals surface area contributed by atoms with E-state index in [0.29, 0.717) is 34.3 Å². The van der Waals surface area contributed by atoms with Gasteiger partial charge in [-0.3, -0.25) is 4.79 Å². The van der Waals surface area contributed by atoms with E-state index in [1.165, 1.54) is 12.1 Å². The summed E-state index contributed by atoms with van der Waals surface area (Å²) in [6, 6.07) is 19.5. The largest absolute Gasteiger partial charge is 0.508 e. The summed E-state index contributed by atoms with van der Waals surface area (Å²) in [5, 5.41) is 10.3. The monoisotopic (exact) mass is 318 g/mol. The molecular formula is C20H14O4. The van der Waals surface area contributed by atoms with Crippen molar-refractivity contribution in [2.24, 2.45) is 0 Å². The van der Waals surface area contributed by atoms with E-state index >= 15 is 0 Å². The minimum Gasteiger partial charge on any atom is -0.508 e. The van der Waals surface area contributed by atoms with Gasteiger partial charge in [-0.1, -0.05) is 36.4 Å². The summed E-state index contributed by atoms with van der Waals surface area (Å²) in [6.45, 7) is 0.359. The maximum absolute atomic E-state index is 12.8. The molecule has 118 valence electrons. The van der Waals surface area contributed by atoms with Crippen LogP contribution in [0.3, 0.4) is 0 Å². The number of aromatic hydroxyl groups is 1. The number of phenols is 1. The standard InChI is InChI=1S/C20H14O4/c21-14-9-10-16-15(11-14)20(22)19-17(7-4-8-18(19)24-16)23-12-13-5-2-1-3-6-13/h1-11,21H,12H2. The van der Waals surface area contributed by atoms with E-state index in [1.807, 2.05) is 30.3 Å². The molecule has 0 aliphatic heterocycles. The fraction of sp³-hybridized carbons (Fsp3) is 0.0500. The van der Waals surface area contributed by atoms with E-state index in [9.17, 15) is 9.90 Å². The maximum atomic E-state index is 12.8. The summed E-state index contributed by atoms with van der Waals surface area (Å²) in [5.41, 5.74) is 1.69. The van der Waals surface area contributed by atoms with Crippen LogP contribution >= 0.6 is 0 Å². The van der Waals surface area contributed by atoms with Crippen LogP contribution in [0, 0.1) is 0 Å². The minimum absolute atomic E-state index is 0.0248. The summed E-state index contributed by atoms with van der Waals surface area (Å²) in [7, 11) is 0. The molecule has 4 rings (SSSR count). The fourth-order valence-corrected chi connectivity index (χ4v) is 2.71. The van der Waals surface area contributed by atoms with E-state index in [0.717, 1.165) is 5.56 Å². The van der Waals surface area contributed by atoms with Crippen LogP contribution in [0.15, 0.2) is 75.9 Å². The number of hydrogen-bond acceptors (Lipinski definition) is 4. The summed E-state index contributed by atoms with van der Waals surface area (Å²) in [5.74, 6) is 0.493. The van der Waals surface area contributed by atoms with Gasteiger partial charge >= 0.3 is 0 Å². The van der Waals surface area contributed by atoms with Gasteiger partial charge in [0.15, 0.2) is 0 Å². The Morgan fingerprint density at radius 2 is 1.75 bits per heavy atom. The van der Waals surface area contributed by atoms with Gasteiger partial charge in [0, 0.05) is 0 Å². The van der Waals surface area contributed by atoms with Crippen LogP contribution in [0.25, 0.3) is 21.9 Å². The lowest BCUT2D eigenvalue weighted by Crippen LogP contribution is -2.05. The number of fused-ring (bicyclic) bond motifs is 2. The van der Waals surface area contributed by atoms with E-state index in [-0.39, 0.29) is 11.2 Å². The Kier molecular flexibility index (Phi) is 3.43. The lowest BCUT2D eigenvalue weighted by atomic mass is 10.1. The second-order valence-electron chi connectivity index (χ2n) is 5.52. The van der Waals surface area contributed by atoms with Crippen LogP contribution in [-0.4, -0.2) is 5.11 Å². The van der Waals surface area contributed by atoms with Gasteiger partial charge in [-0.05, 0) is 35.9 Å². The van der Waals surface area contributed by atoms with Crippen molar-refractivity contribution in [3.63, 3.8) is 0 Å². The van der Waals surface area contributed by atoms with Gasteiger partial charge < -0.3 is 14.3 Å². The van der Waals surface area contributed by atoms with E-state index in [4.69, 9.17) is 9.15 Å². The summed E-state index contributed by atoms with van der Waals surface area (Å²) < 4.78 is 11.6. The van der Waals surface area contributed by atoms with Crippen molar-refractivity contribution >= 4 is 21.9 Å². The van der Waals surface area contributed by atoms with Crippen molar-refractivity contribution in [3.8, 4) is 11.5 Å². The highest BCUT2D eigenvalue weighted by atomic mass is 16.5. The van der Waals surface area contributed by atoms with Crippen LogP contribution in [0.4, 0.5) is 0 Å². The molecule has 0 atom stereocenters. The molecular weight excluding hydrogens is 304 g/mol. The molecule has 0 aliphatic rings. The van der Waals surface area contributed by atoms with Crippen molar-refractivity contribution in [1.82, 2.24) is 0 Å². The third kappa shape index (κ3) is 2.48. The Labute approximate surface area is 137 Å². The van der Waals surface area contributed by atoms with Gasteiger partial charge in [0.05, 0.1) is 5.39 Å². The fourth-order valence-electron chi connectivity index (χ4n) is 2.71. The summed E-state index contributed by atoms with van der Waals surface area (Å²) in [6.07, 6.45) is 0. The molecule has 0 saturated heterocycles. The smallest absolute Gasteiger partial charge is 0.204 e. The maximum Gasteiger partial charge on any atom is 0.204 e. The molecule has 0 unspecified atom stereocenters. The van der Waals surface area contributed by atoms with Crippen LogP contribution in [-0.2, 0) is 6.61 Å². The molecule has 0 aliphatic carbocycles.